The van der Waals surface area contributed by atoms with E-state index in [4.69, 9.17) is 0 Å². The molecule has 0 aliphatic carbocycles. The minimum Gasteiger partial charge on any atom is -0.306 e. The van der Waals surface area contributed by atoms with Crippen molar-refractivity contribution < 1.29 is 0 Å². The van der Waals surface area contributed by atoms with Crippen molar-refractivity contribution in [1.82, 2.24) is 20.1 Å². The van der Waals surface area contributed by atoms with Crippen molar-refractivity contribution >= 4 is 0 Å². The number of pyridine rings is 1. The van der Waals surface area contributed by atoms with Crippen LogP contribution in [0.15, 0.2) is 36.9 Å². The molecule has 0 aliphatic heterocycles. The highest BCUT2D eigenvalue weighted by Crippen LogP contribution is 2.20. The summed E-state index contributed by atoms with van der Waals surface area (Å²) in [5.41, 5.74) is 2.43. The summed E-state index contributed by atoms with van der Waals surface area (Å²) in [6.07, 6.45) is 8.83. The standard InChI is InChI=1S/C14H20N4/c1-3-9-18-11-13(10-17-18)14(16-4-2)12-5-7-15-8-6-12/h5-8,10-11,14,16H,3-4,9H2,1-2H3. The number of rotatable bonds is 6. The van der Waals surface area contributed by atoms with Crippen LogP contribution < -0.4 is 5.32 Å². The molecule has 1 N–H and O–H groups in total. The third kappa shape index (κ3) is 2.96. The molecule has 96 valence electrons. The maximum absolute atomic E-state index is 4.40. The predicted octanol–water partition coefficient (Wildman–Crippen LogP) is 2.39. The van der Waals surface area contributed by atoms with Gasteiger partial charge in [0.1, 0.15) is 0 Å². The monoisotopic (exact) mass is 244 g/mol. The van der Waals surface area contributed by atoms with Crippen LogP contribution in [0.5, 0.6) is 0 Å². The molecule has 0 aliphatic rings. The second-order valence-corrected chi connectivity index (χ2v) is 4.31. The second-order valence-electron chi connectivity index (χ2n) is 4.31. The van der Waals surface area contributed by atoms with Crippen molar-refractivity contribution in [3.05, 3.63) is 48.0 Å². The smallest absolute Gasteiger partial charge is 0.0608 e. The molecule has 1 unspecified atom stereocenters. The summed E-state index contributed by atoms with van der Waals surface area (Å²) in [4.78, 5) is 4.07. The van der Waals surface area contributed by atoms with Gasteiger partial charge in [0.15, 0.2) is 0 Å². The normalized spacial score (nSPS) is 12.6. The topological polar surface area (TPSA) is 42.7 Å². The molecule has 0 spiro atoms. The molecule has 0 bridgehead atoms. The molecule has 0 saturated heterocycles. The van der Waals surface area contributed by atoms with Gasteiger partial charge < -0.3 is 5.32 Å². The van der Waals surface area contributed by atoms with Gasteiger partial charge in [-0.15, -0.1) is 0 Å². The first-order chi connectivity index (χ1) is 8.85. The van der Waals surface area contributed by atoms with Crippen LogP contribution in [-0.2, 0) is 6.54 Å². The van der Waals surface area contributed by atoms with Gasteiger partial charge in [-0.1, -0.05) is 13.8 Å². The Morgan fingerprint density at radius 1 is 1.22 bits per heavy atom. The van der Waals surface area contributed by atoms with Crippen LogP contribution >= 0.6 is 0 Å². The highest BCUT2D eigenvalue weighted by Gasteiger charge is 2.14. The average Bonchev–Trinajstić information content (AvgIpc) is 2.86. The van der Waals surface area contributed by atoms with E-state index in [2.05, 4.69) is 35.4 Å². The molecule has 2 aromatic heterocycles. The van der Waals surface area contributed by atoms with Gasteiger partial charge in [-0.2, -0.15) is 5.10 Å². The van der Waals surface area contributed by atoms with E-state index in [1.165, 1.54) is 11.1 Å². The molecule has 0 aromatic carbocycles. The molecule has 0 saturated carbocycles. The summed E-state index contributed by atoms with van der Waals surface area (Å²) in [5.74, 6) is 0. The highest BCUT2D eigenvalue weighted by atomic mass is 15.3. The van der Waals surface area contributed by atoms with Crippen LogP contribution in [0.25, 0.3) is 0 Å². The van der Waals surface area contributed by atoms with E-state index in [9.17, 15) is 0 Å². The third-order valence-electron chi connectivity index (χ3n) is 2.89. The van der Waals surface area contributed by atoms with Crippen molar-refractivity contribution in [2.45, 2.75) is 32.9 Å². The Labute approximate surface area is 108 Å². The fourth-order valence-corrected chi connectivity index (χ4v) is 2.07. The van der Waals surface area contributed by atoms with Gasteiger partial charge in [-0.05, 0) is 30.7 Å². The zero-order valence-corrected chi connectivity index (χ0v) is 11.0. The summed E-state index contributed by atoms with van der Waals surface area (Å²) in [7, 11) is 0. The maximum Gasteiger partial charge on any atom is 0.0608 e. The van der Waals surface area contributed by atoms with Crippen LogP contribution in [0.2, 0.25) is 0 Å². The Morgan fingerprint density at radius 3 is 2.67 bits per heavy atom. The van der Waals surface area contributed by atoms with E-state index in [0.717, 1.165) is 19.5 Å². The Kier molecular flexibility index (Phi) is 4.47. The van der Waals surface area contributed by atoms with Gasteiger partial charge in [0.05, 0.1) is 12.2 Å². The summed E-state index contributed by atoms with van der Waals surface area (Å²) in [5, 5.41) is 7.89. The van der Waals surface area contributed by atoms with E-state index in [1.807, 2.05) is 35.4 Å². The molecular formula is C14H20N4. The number of hydrogen-bond acceptors (Lipinski definition) is 3. The van der Waals surface area contributed by atoms with E-state index in [0.29, 0.717) is 0 Å². The summed E-state index contributed by atoms with van der Waals surface area (Å²) in [6, 6.07) is 4.29. The molecule has 0 amide bonds. The summed E-state index contributed by atoms with van der Waals surface area (Å²) in [6.45, 7) is 6.16. The Morgan fingerprint density at radius 2 is 2.00 bits per heavy atom. The molecule has 2 aromatic rings. The van der Waals surface area contributed by atoms with Crippen LogP contribution in [0.4, 0.5) is 0 Å². The first kappa shape index (κ1) is 12.8. The highest BCUT2D eigenvalue weighted by molar-refractivity contribution is 5.27. The zero-order valence-electron chi connectivity index (χ0n) is 11.0. The molecule has 1 atom stereocenters. The molecular weight excluding hydrogens is 224 g/mol. The lowest BCUT2D eigenvalue weighted by atomic mass is 10.0. The van der Waals surface area contributed by atoms with Gasteiger partial charge in [0, 0.05) is 30.7 Å². The number of aromatic nitrogens is 3. The van der Waals surface area contributed by atoms with Gasteiger partial charge in [0.25, 0.3) is 0 Å². The Hall–Kier alpha value is -1.68. The molecule has 0 fully saturated rings. The fraction of sp³-hybridized carbons (Fsp3) is 0.429. The van der Waals surface area contributed by atoms with Crippen LogP contribution in [-0.4, -0.2) is 21.3 Å². The van der Waals surface area contributed by atoms with E-state index in [1.54, 1.807) is 0 Å². The van der Waals surface area contributed by atoms with Crippen LogP contribution in [0, 0.1) is 0 Å². The Bertz CT molecular complexity index is 464. The molecule has 2 rings (SSSR count). The molecule has 4 heteroatoms. The van der Waals surface area contributed by atoms with E-state index >= 15 is 0 Å². The zero-order chi connectivity index (χ0) is 12.8. The fourth-order valence-electron chi connectivity index (χ4n) is 2.07. The van der Waals surface area contributed by atoms with Gasteiger partial charge in [0.2, 0.25) is 0 Å². The largest absolute Gasteiger partial charge is 0.306 e. The molecule has 18 heavy (non-hydrogen) atoms. The van der Waals surface area contributed by atoms with E-state index in [-0.39, 0.29) is 6.04 Å². The first-order valence-electron chi connectivity index (χ1n) is 6.50. The van der Waals surface area contributed by atoms with Crippen molar-refractivity contribution in [2.24, 2.45) is 0 Å². The van der Waals surface area contributed by atoms with Gasteiger partial charge >= 0.3 is 0 Å². The maximum atomic E-state index is 4.40. The van der Waals surface area contributed by atoms with Crippen LogP contribution in [0.1, 0.15) is 37.4 Å². The van der Waals surface area contributed by atoms with Crippen molar-refractivity contribution in [3.8, 4) is 0 Å². The van der Waals surface area contributed by atoms with Gasteiger partial charge in [-0.3, -0.25) is 9.67 Å². The minimum absolute atomic E-state index is 0.198. The quantitative estimate of drug-likeness (QED) is 0.848. The van der Waals surface area contributed by atoms with Crippen molar-refractivity contribution in [2.75, 3.05) is 6.54 Å². The van der Waals surface area contributed by atoms with Crippen molar-refractivity contribution in [3.63, 3.8) is 0 Å². The predicted molar refractivity (Wildman–Crippen MR) is 72.3 cm³/mol. The molecule has 4 nitrogen and oxygen atoms in total. The lowest BCUT2D eigenvalue weighted by Gasteiger charge is -2.16. The number of hydrogen-bond donors (Lipinski definition) is 1. The summed E-state index contributed by atoms with van der Waals surface area (Å²) < 4.78 is 2.00. The molecule has 0 radical (unpaired) electrons. The second kappa shape index (κ2) is 6.31. The SMILES string of the molecule is CCCn1cc(C(NCC)c2ccncc2)cn1. The van der Waals surface area contributed by atoms with Crippen LogP contribution in [0.3, 0.4) is 0 Å². The van der Waals surface area contributed by atoms with E-state index < -0.39 is 0 Å². The average molecular weight is 244 g/mol. The number of nitrogens with zero attached hydrogens (tertiary/aromatic N) is 3. The lowest BCUT2D eigenvalue weighted by molar-refractivity contribution is 0.597. The summed E-state index contributed by atoms with van der Waals surface area (Å²) >= 11 is 0. The minimum atomic E-state index is 0.198. The van der Waals surface area contributed by atoms with Crippen molar-refractivity contribution in [1.29, 1.82) is 0 Å². The Balaban J connectivity index is 2.23. The van der Waals surface area contributed by atoms with Gasteiger partial charge in [-0.25, -0.2) is 0 Å². The lowest BCUT2D eigenvalue weighted by Crippen LogP contribution is -2.21. The molecule has 2 heterocycles. The third-order valence-corrected chi connectivity index (χ3v) is 2.89. The number of nitrogens with one attached hydrogen (secondary N) is 1. The first-order valence-corrected chi connectivity index (χ1v) is 6.50. The number of aryl methyl sites for hydroxylation is 1.